The number of fused-ring (bicyclic) bond motifs is 1. The number of halogens is 1. The second-order valence-corrected chi connectivity index (χ2v) is 10.7. The van der Waals surface area contributed by atoms with Crippen LogP contribution in [0, 0.1) is 5.82 Å². The Balaban J connectivity index is 1.16. The normalized spacial score (nSPS) is 17.4. The number of thiazole rings is 1. The average molecular weight is 519 g/mol. The maximum atomic E-state index is 13.7. The van der Waals surface area contributed by atoms with Crippen LogP contribution in [0.25, 0.3) is 21.3 Å². The molecule has 2 amide bonds. The van der Waals surface area contributed by atoms with Crippen LogP contribution in [0.15, 0.2) is 54.7 Å². The number of nitrogens with zero attached hydrogens (tertiary/aromatic N) is 3. The van der Waals surface area contributed by atoms with Gasteiger partial charge in [0.1, 0.15) is 17.3 Å². The predicted molar refractivity (Wildman–Crippen MR) is 140 cm³/mol. The lowest BCUT2D eigenvalue weighted by molar-refractivity contribution is 0.0730. The molecule has 190 valence electrons. The van der Waals surface area contributed by atoms with Gasteiger partial charge in [-0.2, -0.15) is 0 Å². The molecule has 2 aromatic carbocycles. The Morgan fingerprint density at radius 2 is 1.95 bits per heavy atom. The lowest BCUT2D eigenvalue weighted by Gasteiger charge is -2.24. The Hall–Kier alpha value is -3.72. The van der Waals surface area contributed by atoms with Crippen molar-refractivity contribution in [3.05, 3.63) is 71.2 Å². The van der Waals surface area contributed by atoms with Crippen molar-refractivity contribution in [2.45, 2.75) is 37.6 Å². The fourth-order valence-electron chi connectivity index (χ4n) is 4.94. The molecule has 0 spiro atoms. The minimum absolute atomic E-state index is 0.144. The van der Waals surface area contributed by atoms with Crippen LogP contribution in [-0.2, 0) is 7.05 Å². The van der Waals surface area contributed by atoms with Crippen LogP contribution >= 0.6 is 11.3 Å². The SMILES string of the molecule is Cn1ccc2c(OC(=O)NC[C@@H]3CCCN3C(=O)c3nc(C4CC4)sc3-c3ccc(F)cc3)cccc21. The topological polar surface area (TPSA) is 76.5 Å². The van der Waals surface area contributed by atoms with Gasteiger partial charge in [-0.15, -0.1) is 11.3 Å². The molecule has 2 fully saturated rings. The van der Waals surface area contributed by atoms with Crippen LogP contribution in [0.3, 0.4) is 0 Å². The Bertz CT molecular complexity index is 1470. The third-order valence-electron chi connectivity index (χ3n) is 7.09. The fourth-order valence-corrected chi connectivity index (χ4v) is 6.17. The van der Waals surface area contributed by atoms with Crippen LogP contribution in [-0.4, -0.2) is 45.6 Å². The largest absolute Gasteiger partial charge is 0.412 e. The highest BCUT2D eigenvalue weighted by atomic mass is 32.1. The van der Waals surface area contributed by atoms with E-state index in [2.05, 4.69) is 5.32 Å². The van der Waals surface area contributed by atoms with Crippen molar-refractivity contribution in [2.24, 2.45) is 7.05 Å². The van der Waals surface area contributed by atoms with Gasteiger partial charge in [0, 0.05) is 43.7 Å². The van der Waals surface area contributed by atoms with E-state index >= 15 is 0 Å². The molecular weight excluding hydrogens is 491 g/mol. The van der Waals surface area contributed by atoms with E-state index in [-0.39, 0.29) is 17.8 Å². The summed E-state index contributed by atoms with van der Waals surface area (Å²) in [5.41, 5.74) is 2.19. The van der Waals surface area contributed by atoms with Gasteiger partial charge in [-0.05, 0) is 61.6 Å². The number of aryl methyl sites for hydroxylation is 1. The lowest BCUT2D eigenvalue weighted by atomic mass is 10.1. The summed E-state index contributed by atoms with van der Waals surface area (Å²) in [4.78, 5) is 33.7. The number of benzene rings is 2. The van der Waals surface area contributed by atoms with Gasteiger partial charge in [-0.25, -0.2) is 14.2 Å². The molecule has 0 bridgehead atoms. The fraction of sp³-hybridized carbons (Fsp3) is 0.321. The monoisotopic (exact) mass is 518 g/mol. The van der Waals surface area contributed by atoms with E-state index in [4.69, 9.17) is 9.72 Å². The Labute approximate surface area is 217 Å². The van der Waals surface area contributed by atoms with Crippen LogP contribution in [0.5, 0.6) is 5.75 Å². The second-order valence-electron chi connectivity index (χ2n) is 9.69. The van der Waals surface area contributed by atoms with Crippen molar-refractivity contribution >= 4 is 34.2 Å². The highest BCUT2D eigenvalue weighted by Gasteiger charge is 2.35. The number of hydrogen-bond donors (Lipinski definition) is 1. The first-order valence-corrected chi connectivity index (χ1v) is 13.4. The highest BCUT2D eigenvalue weighted by molar-refractivity contribution is 7.15. The number of aromatic nitrogens is 2. The van der Waals surface area contributed by atoms with Crippen molar-refractivity contribution in [2.75, 3.05) is 13.1 Å². The number of ether oxygens (including phenoxy) is 1. The first-order valence-electron chi connectivity index (χ1n) is 12.6. The summed E-state index contributed by atoms with van der Waals surface area (Å²) in [5, 5.41) is 4.68. The molecule has 2 aromatic heterocycles. The molecule has 4 aromatic rings. The van der Waals surface area contributed by atoms with Gasteiger partial charge in [-0.3, -0.25) is 4.79 Å². The zero-order valence-corrected chi connectivity index (χ0v) is 21.3. The summed E-state index contributed by atoms with van der Waals surface area (Å²) < 4.78 is 21.1. The molecule has 1 N–H and O–H groups in total. The highest BCUT2D eigenvalue weighted by Crippen LogP contribution is 2.45. The van der Waals surface area contributed by atoms with Gasteiger partial charge in [0.15, 0.2) is 0 Å². The summed E-state index contributed by atoms with van der Waals surface area (Å²) in [6, 6.07) is 13.6. The molecule has 1 atom stereocenters. The van der Waals surface area contributed by atoms with Crippen LogP contribution in [0.4, 0.5) is 9.18 Å². The standard InChI is InChI=1S/C28H27FN4O3S/c1-32-15-13-21-22(32)5-2-6-23(21)36-28(35)30-16-20-4-3-14-33(20)27(34)24-25(17-9-11-19(29)12-10-17)37-26(31-24)18-7-8-18/h2,5-6,9-13,15,18,20H,3-4,7-8,14,16H2,1H3,(H,30,35)/t20-/m0/s1. The molecule has 1 aliphatic carbocycles. The quantitative estimate of drug-likeness (QED) is 0.355. The second kappa shape index (κ2) is 9.63. The van der Waals surface area contributed by atoms with E-state index in [9.17, 15) is 14.0 Å². The molecule has 9 heteroatoms. The number of likely N-dealkylation sites (tertiary alicyclic amines) is 1. The first kappa shape index (κ1) is 23.7. The summed E-state index contributed by atoms with van der Waals surface area (Å²) in [5.74, 6) is 0.443. The van der Waals surface area contributed by atoms with E-state index in [0.717, 1.165) is 52.0 Å². The Kier molecular flexibility index (Phi) is 6.16. The molecule has 3 heterocycles. The van der Waals surface area contributed by atoms with Crippen molar-refractivity contribution in [1.82, 2.24) is 19.8 Å². The third kappa shape index (κ3) is 4.71. The van der Waals surface area contributed by atoms with E-state index < -0.39 is 6.09 Å². The predicted octanol–water partition coefficient (Wildman–Crippen LogP) is 5.71. The van der Waals surface area contributed by atoms with Crippen LogP contribution < -0.4 is 10.1 Å². The van der Waals surface area contributed by atoms with Gasteiger partial charge >= 0.3 is 6.09 Å². The minimum Gasteiger partial charge on any atom is -0.410 e. The van der Waals surface area contributed by atoms with Gasteiger partial charge in [0.25, 0.3) is 5.91 Å². The van der Waals surface area contributed by atoms with Gasteiger partial charge < -0.3 is 19.5 Å². The maximum absolute atomic E-state index is 13.7. The Morgan fingerprint density at radius 1 is 1.14 bits per heavy atom. The first-order chi connectivity index (χ1) is 18.0. The molecule has 6 rings (SSSR count). The van der Waals surface area contributed by atoms with Crippen LogP contribution in [0.1, 0.15) is 47.1 Å². The van der Waals surface area contributed by atoms with E-state index in [0.29, 0.717) is 30.5 Å². The van der Waals surface area contributed by atoms with Gasteiger partial charge in [0.2, 0.25) is 0 Å². The number of amides is 2. The smallest absolute Gasteiger partial charge is 0.410 e. The van der Waals surface area contributed by atoms with Crippen molar-refractivity contribution in [3.63, 3.8) is 0 Å². The molecule has 1 saturated carbocycles. The minimum atomic E-state index is -0.549. The van der Waals surface area contributed by atoms with Crippen LogP contribution in [0.2, 0.25) is 0 Å². The molecule has 37 heavy (non-hydrogen) atoms. The summed E-state index contributed by atoms with van der Waals surface area (Å²) in [7, 11) is 1.94. The zero-order chi connectivity index (χ0) is 25.5. The molecule has 2 aliphatic rings. The molecule has 0 unspecified atom stereocenters. The molecule has 1 aliphatic heterocycles. The summed E-state index contributed by atoms with van der Waals surface area (Å²) in [6.07, 6.45) is 5.17. The van der Waals surface area contributed by atoms with Gasteiger partial charge in [0.05, 0.1) is 15.4 Å². The molecule has 7 nitrogen and oxygen atoms in total. The summed E-state index contributed by atoms with van der Waals surface area (Å²) in [6.45, 7) is 0.892. The zero-order valence-electron chi connectivity index (χ0n) is 20.4. The van der Waals surface area contributed by atoms with E-state index in [1.807, 2.05) is 36.0 Å². The van der Waals surface area contributed by atoms with Gasteiger partial charge in [-0.1, -0.05) is 18.2 Å². The average Bonchev–Trinajstić information content (AvgIpc) is 3.30. The van der Waals surface area contributed by atoms with Crippen molar-refractivity contribution in [1.29, 1.82) is 0 Å². The van der Waals surface area contributed by atoms with E-state index in [1.165, 1.54) is 23.5 Å². The molecule has 1 saturated heterocycles. The third-order valence-corrected chi connectivity index (χ3v) is 8.36. The van der Waals surface area contributed by atoms with E-state index in [1.54, 1.807) is 23.1 Å². The molecular formula is C28H27FN4O3S. The van der Waals surface area contributed by atoms with Crippen molar-refractivity contribution in [3.8, 4) is 16.2 Å². The number of hydrogen-bond acceptors (Lipinski definition) is 5. The number of nitrogens with one attached hydrogen (secondary N) is 1. The van der Waals surface area contributed by atoms with Crippen molar-refractivity contribution < 1.29 is 18.7 Å². The maximum Gasteiger partial charge on any atom is 0.412 e. The number of carbonyl (C=O) groups excluding carboxylic acids is 2. The Morgan fingerprint density at radius 3 is 2.73 bits per heavy atom. The number of rotatable bonds is 6. The lowest BCUT2D eigenvalue weighted by Crippen LogP contribution is -2.44. The molecule has 0 radical (unpaired) electrons. The summed E-state index contributed by atoms with van der Waals surface area (Å²) >= 11 is 1.53. The number of carbonyl (C=O) groups is 2.